The van der Waals surface area contributed by atoms with Crippen LogP contribution >= 0.6 is 23.8 Å². The van der Waals surface area contributed by atoms with Crippen molar-refractivity contribution in [3.63, 3.8) is 0 Å². The van der Waals surface area contributed by atoms with Gasteiger partial charge in [-0.25, -0.2) is 4.68 Å². The first-order valence-electron chi connectivity index (χ1n) is 11.2. The minimum atomic E-state index is 0.183. The molecule has 0 amide bonds. The normalized spacial score (nSPS) is 16.4. The van der Waals surface area contributed by atoms with Crippen LogP contribution in [-0.4, -0.2) is 39.0 Å². The number of aromatic nitrogens is 3. The molecule has 170 valence electrons. The Labute approximate surface area is 200 Å². The number of hydrogen-bond acceptors (Lipinski definition) is 4. The highest BCUT2D eigenvalue weighted by molar-refractivity contribution is 7.71. The molecule has 5 nitrogen and oxygen atoms in total. The van der Waals surface area contributed by atoms with Crippen LogP contribution < -0.4 is 0 Å². The maximum absolute atomic E-state index is 6.11. The van der Waals surface area contributed by atoms with Crippen molar-refractivity contribution in [1.29, 1.82) is 0 Å². The average Bonchev–Trinajstić information content (AvgIpc) is 3.39. The zero-order chi connectivity index (χ0) is 22.7. The molecule has 4 rings (SSSR count). The lowest BCUT2D eigenvalue weighted by atomic mass is 10.0. The van der Waals surface area contributed by atoms with Gasteiger partial charge in [0.2, 0.25) is 0 Å². The highest BCUT2D eigenvalue weighted by atomic mass is 35.5. The average molecular weight is 471 g/mol. The van der Waals surface area contributed by atoms with Crippen LogP contribution in [0.15, 0.2) is 48.5 Å². The molecule has 0 aliphatic carbocycles. The topological polar surface area (TPSA) is 35.2 Å². The van der Waals surface area contributed by atoms with Gasteiger partial charge in [-0.3, -0.25) is 9.47 Å². The molecule has 3 aromatic rings. The Morgan fingerprint density at radius 2 is 1.88 bits per heavy atom. The lowest BCUT2D eigenvalue weighted by molar-refractivity contribution is 0.0967. The Bertz CT molecular complexity index is 1080. The van der Waals surface area contributed by atoms with Crippen molar-refractivity contribution in [1.82, 2.24) is 19.2 Å². The number of benzene rings is 2. The van der Waals surface area contributed by atoms with E-state index >= 15 is 0 Å². The van der Waals surface area contributed by atoms with Crippen molar-refractivity contribution in [2.75, 3.05) is 13.7 Å². The second kappa shape index (κ2) is 10.3. The third kappa shape index (κ3) is 5.49. The van der Waals surface area contributed by atoms with Crippen molar-refractivity contribution >= 4 is 23.8 Å². The van der Waals surface area contributed by atoms with Crippen molar-refractivity contribution in [3.8, 4) is 11.4 Å². The Morgan fingerprint density at radius 3 is 2.50 bits per heavy atom. The zero-order valence-electron chi connectivity index (χ0n) is 19.0. The number of rotatable bonds is 8. The van der Waals surface area contributed by atoms with Crippen LogP contribution in [0.3, 0.4) is 0 Å². The maximum Gasteiger partial charge on any atom is 0.199 e. The summed E-state index contributed by atoms with van der Waals surface area (Å²) in [4.78, 5) is 2.23. The van der Waals surface area contributed by atoms with Crippen LogP contribution in [0.1, 0.15) is 43.7 Å². The summed E-state index contributed by atoms with van der Waals surface area (Å²) in [5.74, 6) is 1.40. The fraction of sp³-hybridized carbons (Fsp3) is 0.440. The first kappa shape index (κ1) is 23.2. The van der Waals surface area contributed by atoms with E-state index in [4.69, 9.17) is 33.7 Å². The molecule has 0 bridgehead atoms. The smallest absolute Gasteiger partial charge is 0.199 e. The van der Waals surface area contributed by atoms with Crippen LogP contribution in [0.25, 0.3) is 11.4 Å². The molecule has 7 heteroatoms. The molecule has 1 atom stereocenters. The zero-order valence-corrected chi connectivity index (χ0v) is 20.6. The first-order valence-corrected chi connectivity index (χ1v) is 12.0. The van der Waals surface area contributed by atoms with Gasteiger partial charge in [-0.15, -0.1) is 0 Å². The molecule has 1 fully saturated rings. The summed E-state index contributed by atoms with van der Waals surface area (Å²) in [6, 6.07) is 16.6. The Kier molecular flexibility index (Phi) is 7.46. The number of nitrogens with zero attached hydrogens (tertiary/aromatic N) is 4. The Morgan fingerprint density at radius 1 is 1.16 bits per heavy atom. The number of halogens is 1. The molecule has 0 radical (unpaired) electrons. The minimum Gasteiger partial charge on any atom is -0.376 e. The van der Waals surface area contributed by atoms with Crippen molar-refractivity contribution < 1.29 is 4.74 Å². The lowest BCUT2D eigenvalue weighted by Gasteiger charge is -2.17. The van der Waals surface area contributed by atoms with Gasteiger partial charge in [-0.05, 0) is 73.4 Å². The molecule has 1 saturated heterocycles. The number of hydrogen-bond donors (Lipinski definition) is 0. The van der Waals surface area contributed by atoms with Crippen LogP contribution in [0.4, 0.5) is 0 Å². The van der Waals surface area contributed by atoms with E-state index in [2.05, 4.69) is 54.6 Å². The quantitative estimate of drug-likeness (QED) is 0.371. The van der Waals surface area contributed by atoms with Crippen LogP contribution in [-0.2, 0) is 24.5 Å². The second-order valence-corrected chi connectivity index (χ2v) is 9.71. The van der Waals surface area contributed by atoms with Crippen LogP contribution in [0, 0.1) is 4.77 Å². The molecule has 0 spiro atoms. The second-order valence-electron chi connectivity index (χ2n) is 8.91. The van der Waals surface area contributed by atoms with Gasteiger partial charge in [0.15, 0.2) is 10.6 Å². The molecule has 32 heavy (non-hydrogen) atoms. The van der Waals surface area contributed by atoms with Gasteiger partial charge in [-0.1, -0.05) is 49.7 Å². The fourth-order valence-electron chi connectivity index (χ4n) is 4.10. The molecule has 0 N–H and O–H groups in total. The highest BCUT2D eigenvalue weighted by Crippen LogP contribution is 2.24. The van der Waals surface area contributed by atoms with E-state index in [0.717, 1.165) is 43.9 Å². The van der Waals surface area contributed by atoms with Gasteiger partial charge in [0, 0.05) is 23.7 Å². The van der Waals surface area contributed by atoms with E-state index in [1.54, 1.807) is 0 Å². The third-order valence-corrected chi connectivity index (χ3v) is 6.59. The Hall–Kier alpha value is -1.99. The molecule has 0 unspecified atom stereocenters. The monoisotopic (exact) mass is 470 g/mol. The molecule has 1 aliphatic heterocycles. The van der Waals surface area contributed by atoms with Gasteiger partial charge in [0.25, 0.3) is 0 Å². The molecular weight excluding hydrogens is 440 g/mol. The summed E-state index contributed by atoms with van der Waals surface area (Å²) in [6.07, 6.45) is 2.34. The van der Waals surface area contributed by atoms with Crippen LogP contribution in [0.5, 0.6) is 0 Å². The van der Waals surface area contributed by atoms with Crippen molar-refractivity contribution in [3.05, 3.63) is 69.5 Å². The van der Waals surface area contributed by atoms with Gasteiger partial charge in [0.1, 0.15) is 0 Å². The van der Waals surface area contributed by atoms with E-state index in [9.17, 15) is 0 Å². The highest BCUT2D eigenvalue weighted by Gasteiger charge is 2.21. The SMILES string of the molecule is CC(C)c1ccc(CN(C)Cn2nc(-c3ccc(Cl)cc3)n(C[C@@H]3CCCO3)c2=S)cc1. The predicted molar refractivity (Wildman–Crippen MR) is 132 cm³/mol. The molecule has 2 heterocycles. The molecular formula is C25H31ClN4OS. The summed E-state index contributed by atoms with van der Waals surface area (Å²) in [6.45, 7) is 7.42. The standard InChI is InChI=1S/C25H31ClN4OS/c1-18(2)20-8-6-19(7-9-20)15-28(3)17-30-25(32)29(16-23-5-4-14-31-23)24(27-30)21-10-12-22(26)13-11-21/h6-13,18,23H,4-5,14-17H2,1-3H3/t23-/m0/s1. The fourth-order valence-corrected chi connectivity index (χ4v) is 4.49. The maximum atomic E-state index is 6.11. The molecule has 1 aromatic heterocycles. The number of ether oxygens (including phenoxy) is 1. The Balaban J connectivity index is 1.56. The van der Waals surface area contributed by atoms with E-state index in [0.29, 0.717) is 22.4 Å². The minimum absolute atomic E-state index is 0.183. The van der Waals surface area contributed by atoms with E-state index < -0.39 is 0 Å². The van der Waals surface area contributed by atoms with Crippen molar-refractivity contribution in [2.24, 2.45) is 0 Å². The van der Waals surface area contributed by atoms with E-state index in [1.807, 2.05) is 28.9 Å². The van der Waals surface area contributed by atoms with Gasteiger partial charge >= 0.3 is 0 Å². The van der Waals surface area contributed by atoms with E-state index in [-0.39, 0.29) is 6.10 Å². The summed E-state index contributed by atoms with van der Waals surface area (Å²) < 4.78 is 10.6. The lowest BCUT2D eigenvalue weighted by Crippen LogP contribution is -2.23. The first-order chi connectivity index (χ1) is 15.4. The largest absolute Gasteiger partial charge is 0.376 e. The molecule has 1 aliphatic rings. The summed E-state index contributed by atoms with van der Waals surface area (Å²) in [7, 11) is 2.10. The van der Waals surface area contributed by atoms with Gasteiger partial charge in [-0.2, -0.15) is 5.10 Å². The summed E-state index contributed by atoms with van der Waals surface area (Å²) in [5.41, 5.74) is 3.64. The van der Waals surface area contributed by atoms with Crippen molar-refractivity contribution in [2.45, 2.75) is 58.5 Å². The van der Waals surface area contributed by atoms with Gasteiger partial charge < -0.3 is 4.74 Å². The summed E-state index contributed by atoms with van der Waals surface area (Å²) in [5, 5.41) is 5.61. The third-order valence-electron chi connectivity index (χ3n) is 5.91. The van der Waals surface area contributed by atoms with Gasteiger partial charge in [0.05, 0.1) is 19.3 Å². The van der Waals surface area contributed by atoms with Crippen LogP contribution in [0.2, 0.25) is 5.02 Å². The predicted octanol–water partition coefficient (Wildman–Crippen LogP) is 6.13. The summed E-state index contributed by atoms with van der Waals surface area (Å²) >= 11 is 12.0. The molecule has 0 saturated carbocycles. The van der Waals surface area contributed by atoms with E-state index in [1.165, 1.54) is 11.1 Å². The molecule has 2 aromatic carbocycles.